The van der Waals surface area contributed by atoms with Gasteiger partial charge in [0.25, 0.3) is 0 Å². The Morgan fingerprint density at radius 1 is 1.36 bits per heavy atom. The monoisotopic (exact) mass is 193 g/mol. The number of aliphatic hydroxyl groups excluding tert-OH is 1. The van der Waals surface area contributed by atoms with Crippen molar-refractivity contribution in [1.29, 1.82) is 0 Å². The van der Waals surface area contributed by atoms with Gasteiger partial charge in [-0.05, 0) is 12.8 Å². The Morgan fingerprint density at radius 2 is 2.07 bits per heavy atom. The van der Waals surface area contributed by atoms with Gasteiger partial charge >= 0.3 is 0 Å². The highest BCUT2D eigenvalue weighted by molar-refractivity contribution is 5.03. The summed E-state index contributed by atoms with van der Waals surface area (Å²) >= 11 is 0. The Morgan fingerprint density at radius 3 is 2.64 bits per heavy atom. The first-order valence-corrected chi connectivity index (χ1v) is 4.99. The third-order valence-corrected chi connectivity index (χ3v) is 2.45. The van der Waals surface area contributed by atoms with Crippen LogP contribution >= 0.6 is 0 Å². The van der Waals surface area contributed by atoms with Gasteiger partial charge in [-0.2, -0.15) is 0 Å². The number of nitrogens with zero attached hydrogens (tertiary/aromatic N) is 3. The molecule has 4 heteroatoms. The molecule has 0 aromatic carbocycles. The molecule has 1 N–H and O–H groups in total. The molecule has 2 rings (SSSR count). The predicted octanol–water partition coefficient (Wildman–Crippen LogP) is 0.433. The number of aliphatic hydroxyl groups is 1. The Labute approximate surface area is 83.6 Å². The molecule has 0 aliphatic heterocycles. The summed E-state index contributed by atoms with van der Waals surface area (Å²) < 4.78 is 0. The van der Waals surface area contributed by atoms with Gasteiger partial charge in [0.05, 0.1) is 6.61 Å². The number of hydrogen-bond donors (Lipinski definition) is 1. The van der Waals surface area contributed by atoms with Crippen molar-refractivity contribution in [3.63, 3.8) is 0 Å². The zero-order valence-corrected chi connectivity index (χ0v) is 8.13. The van der Waals surface area contributed by atoms with Crippen molar-refractivity contribution in [2.45, 2.75) is 25.4 Å². The van der Waals surface area contributed by atoms with E-state index in [9.17, 15) is 0 Å². The van der Waals surface area contributed by atoms with Gasteiger partial charge in [-0.25, -0.2) is 9.97 Å². The van der Waals surface area contributed by atoms with Crippen LogP contribution in [0.3, 0.4) is 0 Å². The van der Waals surface area contributed by atoms with Crippen LogP contribution in [0.25, 0.3) is 0 Å². The smallest absolute Gasteiger partial charge is 0.115 e. The van der Waals surface area contributed by atoms with Gasteiger partial charge in [-0.1, -0.05) is 0 Å². The number of rotatable bonds is 5. The van der Waals surface area contributed by atoms with Gasteiger partial charge < -0.3 is 5.11 Å². The van der Waals surface area contributed by atoms with E-state index in [1.807, 2.05) is 12.4 Å². The molecular weight excluding hydrogens is 178 g/mol. The molecule has 0 spiro atoms. The Hall–Kier alpha value is -1.00. The van der Waals surface area contributed by atoms with Gasteiger partial charge in [0.1, 0.15) is 6.33 Å². The molecule has 4 nitrogen and oxygen atoms in total. The lowest BCUT2D eigenvalue weighted by Crippen LogP contribution is -2.28. The summed E-state index contributed by atoms with van der Waals surface area (Å²) in [5.74, 6) is 0. The lowest BCUT2D eigenvalue weighted by Gasteiger charge is -2.20. The highest BCUT2D eigenvalue weighted by atomic mass is 16.3. The van der Waals surface area contributed by atoms with E-state index in [2.05, 4.69) is 14.9 Å². The second-order valence-corrected chi connectivity index (χ2v) is 3.67. The van der Waals surface area contributed by atoms with Crippen molar-refractivity contribution in [3.8, 4) is 0 Å². The SMILES string of the molecule is OCCN(Cc1cncnc1)C1CC1. The molecule has 1 heterocycles. The number of aromatic nitrogens is 2. The summed E-state index contributed by atoms with van der Waals surface area (Å²) in [7, 11) is 0. The van der Waals surface area contributed by atoms with E-state index < -0.39 is 0 Å². The lowest BCUT2D eigenvalue weighted by molar-refractivity contribution is 0.183. The van der Waals surface area contributed by atoms with E-state index in [1.165, 1.54) is 19.2 Å². The summed E-state index contributed by atoms with van der Waals surface area (Å²) in [4.78, 5) is 10.2. The average Bonchev–Trinajstić information content (AvgIpc) is 3.02. The van der Waals surface area contributed by atoms with Crippen LogP contribution in [0.1, 0.15) is 18.4 Å². The van der Waals surface area contributed by atoms with E-state index in [1.54, 1.807) is 0 Å². The molecule has 0 radical (unpaired) electrons. The third kappa shape index (κ3) is 2.49. The summed E-state index contributed by atoms with van der Waals surface area (Å²) in [6.07, 6.45) is 7.72. The molecule has 0 amide bonds. The molecule has 0 atom stereocenters. The topological polar surface area (TPSA) is 49.2 Å². The molecule has 1 aliphatic rings. The zero-order chi connectivity index (χ0) is 9.80. The van der Waals surface area contributed by atoms with Crippen molar-refractivity contribution >= 4 is 0 Å². The fraction of sp³-hybridized carbons (Fsp3) is 0.600. The van der Waals surface area contributed by atoms with E-state index in [0.29, 0.717) is 6.04 Å². The quantitative estimate of drug-likeness (QED) is 0.737. The van der Waals surface area contributed by atoms with Crippen molar-refractivity contribution < 1.29 is 5.11 Å². The Balaban J connectivity index is 1.93. The standard InChI is InChI=1S/C10H15N3O/c14-4-3-13(10-1-2-10)7-9-5-11-8-12-6-9/h5-6,8,10,14H,1-4,7H2. The second-order valence-electron chi connectivity index (χ2n) is 3.67. The Bertz CT molecular complexity index is 274. The molecule has 1 saturated carbocycles. The molecular formula is C10H15N3O. The molecule has 0 bridgehead atoms. The molecule has 1 aromatic heterocycles. The first-order chi connectivity index (χ1) is 6.90. The van der Waals surface area contributed by atoms with Gasteiger partial charge in [0.2, 0.25) is 0 Å². The fourth-order valence-electron chi connectivity index (χ4n) is 1.60. The second kappa shape index (κ2) is 4.48. The minimum absolute atomic E-state index is 0.226. The lowest BCUT2D eigenvalue weighted by atomic mass is 10.3. The molecule has 14 heavy (non-hydrogen) atoms. The zero-order valence-electron chi connectivity index (χ0n) is 8.13. The van der Waals surface area contributed by atoms with Crippen LogP contribution in [0.2, 0.25) is 0 Å². The van der Waals surface area contributed by atoms with Crippen LogP contribution in [0.4, 0.5) is 0 Å². The molecule has 0 saturated heterocycles. The van der Waals surface area contributed by atoms with Gasteiger partial charge in [0.15, 0.2) is 0 Å². The normalized spacial score (nSPS) is 16.1. The first-order valence-electron chi connectivity index (χ1n) is 4.99. The maximum absolute atomic E-state index is 8.92. The van der Waals surface area contributed by atoms with E-state index >= 15 is 0 Å². The van der Waals surface area contributed by atoms with Crippen molar-refractivity contribution in [1.82, 2.24) is 14.9 Å². The summed E-state index contributed by atoms with van der Waals surface area (Å²) in [5, 5.41) is 8.92. The average molecular weight is 193 g/mol. The van der Waals surface area contributed by atoms with E-state index in [-0.39, 0.29) is 6.61 Å². The van der Waals surface area contributed by atoms with Gasteiger partial charge in [-0.3, -0.25) is 4.90 Å². The van der Waals surface area contributed by atoms with Crippen LogP contribution in [0.5, 0.6) is 0 Å². The highest BCUT2D eigenvalue weighted by Gasteiger charge is 2.28. The third-order valence-electron chi connectivity index (χ3n) is 2.45. The van der Waals surface area contributed by atoms with Crippen LogP contribution in [-0.4, -0.2) is 39.2 Å². The number of hydrogen-bond acceptors (Lipinski definition) is 4. The summed E-state index contributed by atoms with van der Waals surface area (Å²) in [6.45, 7) is 1.83. The van der Waals surface area contributed by atoms with Crippen molar-refractivity contribution in [3.05, 3.63) is 24.3 Å². The van der Waals surface area contributed by atoms with Crippen LogP contribution < -0.4 is 0 Å². The Kier molecular flexibility index (Phi) is 3.06. The molecule has 1 fully saturated rings. The predicted molar refractivity (Wildman–Crippen MR) is 52.5 cm³/mol. The maximum atomic E-state index is 8.92. The molecule has 76 valence electrons. The van der Waals surface area contributed by atoms with E-state index in [0.717, 1.165) is 18.7 Å². The van der Waals surface area contributed by atoms with Crippen LogP contribution in [-0.2, 0) is 6.54 Å². The maximum Gasteiger partial charge on any atom is 0.115 e. The first kappa shape index (κ1) is 9.55. The highest BCUT2D eigenvalue weighted by Crippen LogP contribution is 2.27. The molecule has 1 aliphatic carbocycles. The summed E-state index contributed by atoms with van der Waals surface area (Å²) in [5.41, 5.74) is 1.12. The largest absolute Gasteiger partial charge is 0.395 e. The van der Waals surface area contributed by atoms with Gasteiger partial charge in [0, 0.05) is 37.1 Å². The van der Waals surface area contributed by atoms with Crippen molar-refractivity contribution in [2.24, 2.45) is 0 Å². The fourth-order valence-corrected chi connectivity index (χ4v) is 1.60. The molecule has 1 aromatic rings. The molecule has 0 unspecified atom stereocenters. The van der Waals surface area contributed by atoms with Crippen LogP contribution in [0, 0.1) is 0 Å². The van der Waals surface area contributed by atoms with E-state index in [4.69, 9.17) is 5.11 Å². The minimum atomic E-state index is 0.226. The minimum Gasteiger partial charge on any atom is -0.395 e. The van der Waals surface area contributed by atoms with Crippen LogP contribution in [0.15, 0.2) is 18.7 Å². The van der Waals surface area contributed by atoms with Gasteiger partial charge in [-0.15, -0.1) is 0 Å². The van der Waals surface area contributed by atoms with Crippen molar-refractivity contribution in [2.75, 3.05) is 13.2 Å². The summed E-state index contributed by atoms with van der Waals surface area (Å²) in [6, 6.07) is 0.669.